The average Bonchev–Trinajstić information content (AvgIpc) is 3.55. The first-order chi connectivity index (χ1) is 17.2. The number of hydrogen-bond donors (Lipinski definition) is 0. The van der Waals surface area contributed by atoms with Crippen molar-refractivity contribution < 1.29 is 13.9 Å². The Balaban J connectivity index is 1.37. The number of anilines is 1. The maximum atomic E-state index is 13.6. The largest absolute Gasteiger partial charge is 0.376 e. The van der Waals surface area contributed by atoms with E-state index in [9.17, 15) is 9.18 Å². The molecule has 2 aliphatic rings. The highest BCUT2D eigenvalue weighted by Crippen LogP contribution is 2.30. The first-order valence-corrected chi connectivity index (χ1v) is 13.5. The van der Waals surface area contributed by atoms with Gasteiger partial charge < -0.3 is 9.64 Å². The molecule has 1 amide bonds. The van der Waals surface area contributed by atoms with Crippen LogP contribution in [0.3, 0.4) is 0 Å². The van der Waals surface area contributed by atoms with Crippen molar-refractivity contribution in [3.8, 4) is 11.4 Å². The molecule has 35 heavy (non-hydrogen) atoms. The van der Waals surface area contributed by atoms with Crippen molar-refractivity contribution in [2.75, 3.05) is 17.3 Å². The lowest BCUT2D eigenvalue weighted by Crippen LogP contribution is -2.42. The molecule has 8 heteroatoms. The van der Waals surface area contributed by atoms with Crippen LogP contribution in [0.15, 0.2) is 59.8 Å². The van der Waals surface area contributed by atoms with E-state index in [2.05, 4.69) is 10.2 Å². The van der Waals surface area contributed by atoms with Gasteiger partial charge in [0.15, 0.2) is 11.0 Å². The minimum absolute atomic E-state index is 0.0862. The third-order valence-electron chi connectivity index (χ3n) is 6.80. The van der Waals surface area contributed by atoms with E-state index >= 15 is 0 Å². The Kier molecular flexibility index (Phi) is 7.79. The Bertz CT molecular complexity index is 1110. The Hall–Kier alpha value is -2.71. The number of para-hydroxylation sites is 1. The Morgan fingerprint density at radius 1 is 1.00 bits per heavy atom. The maximum Gasteiger partial charge on any atom is 0.237 e. The maximum absolute atomic E-state index is 13.6. The van der Waals surface area contributed by atoms with E-state index in [1.54, 1.807) is 12.1 Å². The number of thioether (sulfide) groups is 1. The lowest BCUT2D eigenvalue weighted by Gasteiger charge is -2.34. The quantitative estimate of drug-likeness (QED) is 0.375. The number of amides is 1. The molecule has 3 aromatic rings. The first kappa shape index (κ1) is 24.0. The second kappa shape index (κ2) is 11.4. The standard InChI is InChI=1S/C27H31FN4O2S/c28-21-15-13-20(14-16-21)26-29-30-27(31(26)18-24-12-7-17-34-24)35-19-25(33)32(22-8-3-1-4-9-22)23-10-5-2-6-11-23/h1,3-4,8-9,13-16,23-24H,2,5-7,10-12,17-19H2/t24-/m1/s1. The van der Waals surface area contributed by atoms with Gasteiger partial charge in [-0.05, 0) is 62.1 Å². The summed E-state index contributed by atoms with van der Waals surface area (Å²) in [4.78, 5) is 15.6. The molecule has 1 aliphatic heterocycles. The summed E-state index contributed by atoms with van der Waals surface area (Å²) in [7, 11) is 0. The zero-order valence-corrected chi connectivity index (χ0v) is 20.6. The fraction of sp³-hybridized carbons (Fsp3) is 0.444. The molecule has 2 fully saturated rings. The minimum Gasteiger partial charge on any atom is -0.376 e. The average molecular weight is 495 g/mol. The van der Waals surface area contributed by atoms with Crippen LogP contribution in [0.5, 0.6) is 0 Å². The molecule has 1 aromatic heterocycles. The molecule has 0 radical (unpaired) electrons. The molecular weight excluding hydrogens is 463 g/mol. The van der Waals surface area contributed by atoms with Crippen molar-refractivity contribution in [2.45, 2.75) is 68.8 Å². The number of nitrogens with zero attached hydrogens (tertiary/aromatic N) is 4. The molecular formula is C27H31FN4O2S. The van der Waals surface area contributed by atoms with Gasteiger partial charge in [-0.15, -0.1) is 10.2 Å². The van der Waals surface area contributed by atoms with Crippen LogP contribution in [0.2, 0.25) is 0 Å². The zero-order chi connectivity index (χ0) is 24.0. The van der Waals surface area contributed by atoms with Crippen LogP contribution in [-0.2, 0) is 16.1 Å². The summed E-state index contributed by atoms with van der Waals surface area (Å²) in [6.45, 7) is 1.37. The van der Waals surface area contributed by atoms with Crippen LogP contribution in [0.1, 0.15) is 44.9 Å². The highest BCUT2D eigenvalue weighted by Gasteiger charge is 2.28. The lowest BCUT2D eigenvalue weighted by atomic mass is 9.93. The van der Waals surface area contributed by atoms with Crippen LogP contribution in [0.4, 0.5) is 10.1 Å². The smallest absolute Gasteiger partial charge is 0.237 e. The molecule has 1 saturated carbocycles. The van der Waals surface area contributed by atoms with Crippen LogP contribution in [0, 0.1) is 5.82 Å². The molecule has 1 aliphatic carbocycles. The van der Waals surface area contributed by atoms with E-state index in [0.717, 1.165) is 56.4 Å². The van der Waals surface area contributed by atoms with Crippen molar-refractivity contribution in [3.05, 3.63) is 60.4 Å². The molecule has 5 rings (SSSR count). The Labute approximate surface area is 209 Å². The predicted molar refractivity (Wildman–Crippen MR) is 136 cm³/mol. The molecule has 184 valence electrons. The number of carbonyl (C=O) groups excluding carboxylic acids is 1. The number of aromatic nitrogens is 3. The van der Waals surface area contributed by atoms with Crippen molar-refractivity contribution in [1.29, 1.82) is 0 Å². The monoisotopic (exact) mass is 494 g/mol. The third-order valence-corrected chi connectivity index (χ3v) is 7.75. The van der Waals surface area contributed by atoms with Crippen LogP contribution < -0.4 is 4.90 Å². The van der Waals surface area contributed by atoms with Crippen LogP contribution in [0.25, 0.3) is 11.4 Å². The fourth-order valence-electron chi connectivity index (χ4n) is 5.05. The highest BCUT2D eigenvalue weighted by atomic mass is 32.2. The Morgan fingerprint density at radius 2 is 1.77 bits per heavy atom. The normalized spacial score (nSPS) is 18.6. The molecule has 0 spiro atoms. The topological polar surface area (TPSA) is 60.3 Å². The highest BCUT2D eigenvalue weighted by molar-refractivity contribution is 7.99. The molecule has 0 N–H and O–H groups in total. The second-order valence-electron chi connectivity index (χ2n) is 9.24. The van der Waals surface area contributed by atoms with Gasteiger partial charge >= 0.3 is 0 Å². The number of halogens is 1. The molecule has 1 saturated heterocycles. The summed E-state index contributed by atoms with van der Waals surface area (Å²) in [6, 6.07) is 16.5. The minimum atomic E-state index is -0.289. The van der Waals surface area contributed by atoms with E-state index in [0.29, 0.717) is 17.5 Å². The molecule has 1 atom stereocenters. The van der Waals surface area contributed by atoms with Gasteiger partial charge in [-0.1, -0.05) is 49.2 Å². The summed E-state index contributed by atoms with van der Waals surface area (Å²) in [5.41, 5.74) is 1.75. The van der Waals surface area contributed by atoms with Gasteiger partial charge in [0.2, 0.25) is 5.91 Å². The zero-order valence-electron chi connectivity index (χ0n) is 19.8. The Morgan fingerprint density at radius 3 is 2.49 bits per heavy atom. The van der Waals surface area contributed by atoms with Gasteiger partial charge in [-0.3, -0.25) is 9.36 Å². The molecule has 2 heterocycles. The van der Waals surface area contributed by atoms with Crippen molar-refractivity contribution in [3.63, 3.8) is 0 Å². The van der Waals surface area contributed by atoms with Gasteiger partial charge in [-0.2, -0.15) is 0 Å². The van der Waals surface area contributed by atoms with E-state index in [1.807, 2.05) is 39.8 Å². The second-order valence-corrected chi connectivity index (χ2v) is 10.2. The molecule has 0 bridgehead atoms. The van der Waals surface area contributed by atoms with E-state index < -0.39 is 0 Å². The SMILES string of the molecule is O=C(CSc1nnc(-c2ccc(F)cc2)n1C[C@H]1CCCO1)N(c1ccccc1)C1CCCCC1. The van der Waals surface area contributed by atoms with Gasteiger partial charge in [0.1, 0.15) is 5.82 Å². The van der Waals surface area contributed by atoms with Crippen LogP contribution in [-0.4, -0.2) is 45.2 Å². The number of hydrogen-bond acceptors (Lipinski definition) is 5. The van der Waals surface area contributed by atoms with Crippen LogP contribution >= 0.6 is 11.8 Å². The fourth-order valence-corrected chi connectivity index (χ4v) is 5.85. The summed E-state index contributed by atoms with van der Waals surface area (Å²) in [6.07, 6.45) is 7.73. The van der Waals surface area contributed by atoms with Gasteiger partial charge in [0.05, 0.1) is 18.4 Å². The number of carbonyl (C=O) groups is 1. The van der Waals surface area contributed by atoms with Crippen molar-refractivity contribution in [2.24, 2.45) is 0 Å². The molecule has 0 unspecified atom stereocenters. The molecule has 6 nitrogen and oxygen atoms in total. The summed E-state index contributed by atoms with van der Waals surface area (Å²) >= 11 is 1.41. The van der Waals surface area contributed by atoms with E-state index in [4.69, 9.17) is 4.74 Å². The third kappa shape index (κ3) is 5.76. The lowest BCUT2D eigenvalue weighted by molar-refractivity contribution is -0.116. The van der Waals surface area contributed by atoms with Gasteiger partial charge in [0, 0.05) is 23.9 Å². The summed E-state index contributed by atoms with van der Waals surface area (Å²) < 4.78 is 21.4. The van der Waals surface area contributed by atoms with E-state index in [-0.39, 0.29) is 29.6 Å². The first-order valence-electron chi connectivity index (χ1n) is 12.5. The van der Waals surface area contributed by atoms with E-state index in [1.165, 1.54) is 30.3 Å². The predicted octanol–water partition coefficient (Wildman–Crippen LogP) is 5.72. The van der Waals surface area contributed by atoms with Crippen molar-refractivity contribution in [1.82, 2.24) is 14.8 Å². The number of ether oxygens (including phenoxy) is 1. The summed E-state index contributed by atoms with van der Waals surface area (Å²) in [5.74, 6) is 0.743. The molecule has 2 aromatic carbocycles. The van der Waals surface area contributed by atoms with Gasteiger partial charge in [0.25, 0.3) is 0 Å². The summed E-state index contributed by atoms with van der Waals surface area (Å²) in [5, 5.41) is 9.53. The van der Waals surface area contributed by atoms with Gasteiger partial charge in [-0.25, -0.2) is 4.39 Å². The number of rotatable bonds is 8. The number of benzene rings is 2. The van der Waals surface area contributed by atoms with Crippen molar-refractivity contribution >= 4 is 23.4 Å².